The zero-order chi connectivity index (χ0) is 19.4. The van der Waals surface area contributed by atoms with Crippen molar-refractivity contribution in [2.24, 2.45) is 0 Å². The quantitative estimate of drug-likeness (QED) is 0.645. The number of tetrazole rings is 1. The average Bonchev–Trinajstić information content (AvgIpc) is 3.09. The number of hydrogen-bond acceptors (Lipinski definition) is 6. The number of aromatic nitrogens is 4. The van der Waals surface area contributed by atoms with Crippen molar-refractivity contribution in [3.63, 3.8) is 0 Å². The van der Waals surface area contributed by atoms with Crippen LogP contribution in [0.15, 0.2) is 53.7 Å². The fourth-order valence-electron chi connectivity index (χ4n) is 2.13. The number of phenolic OH excluding ortho intramolecular Hbond substituents is 1. The van der Waals surface area contributed by atoms with E-state index in [9.17, 15) is 23.1 Å². The number of carbonyl (C=O) groups excluding carboxylic acids is 1. The second kappa shape index (κ2) is 7.66. The summed E-state index contributed by atoms with van der Waals surface area (Å²) in [6.45, 7) is 0. The smallest absolute Gasteiger partial charge is 0.416 e. The van der Waals surface area contributed by atoms with Crippen molar-refractivity contribution in [1.29, 1.82) is 0 Å². The third-order valence-corrected chi connectivity index (χ3v) is 4.26. The largest absolute Gasteiger partial charge is 0.508 e. The number of alkyl halides is 3. The molecule has 2 aromatic carbocycles. The highest BCUT2D eigenvalue weighted by molar-refractivity contribution is 7.99. The Morgan fingerprint density at radius 1 is 1.19 bits per heavy atom. The van der Waals surface area contributed by atoms with E-state index in [0.29, 0.717) is 10.8 Å². The Morgan fingerprint density at radius 3 is 2.63 bits per heavy atom. The highest BCUT2D eigenvalue weighted by Gasteiger charge is 2.30. The maximum atomic E-state index is 12.7. The van der Waals surface area contributed by atoms with E-state index >= 15 is 0 Å². The Balaban J connectivity index is 1.64. The van der Waals surface area contributed by atoms with E-state index in [1.807, 2.05) is 0 Å². The van der Waals surface area contributed by atoms with Crippen molar-refractivity contribution in [1.82, 2.24) is 20.2 Å². The first-order chi connectivity index (χ1) is 12.8. The summed E-state index contributed by atoms with van der Waals surface area (Å²) in [6.07, 6.45) is -4.48. The fraction of sp³-hybridized carbons (Fsp3) is 0.125. The first-order valence-electron chi connectivity index (χ1n) is 7.50. The molecule has 0 aliphatic rings. The van der Waals surface area contributed by atoms with Crippen LogP contribution < -0.4 is 5.32 Å². The summed E-state index contributed by atoms with van der Waals surface area (Å²) in [5.74, 6) is -0.518. The molecule has 1 heterocycles. The van der Waals surface area contributed by atoms with Crippen molar-refractivity contribution in [3.8, 4) is 11.4 Å². The molecular weight excluding hydrogens is 383 g/mol. The van der Waals surface area contributed by atoms with Crippen LogP contribution in [0.3, 0.4) is 0 Å². The molecule has 0 saturated heterocycles. The number of benzene rings is 2. The van der Waals surface area contributed by atoms with Crippen LogP contribution >= 0.6 is 11.8 Å². The molecule has 0 fully saturated rings. The van der Waals surface area contributed by atoms with E-state index in [1.165, 1.54) is 28.9 Å². The van der Waals surface area contributed by atoms with Gasteiger partial charge in [-0.25, -0.2) is 0 Å². The molecule has 0 bridgehead atoms. The summed E-state index contributed by atoms with van der Waals surface area (Å²) in [4.78, 5) is 12.0. The van der Waals surface area contributed by atoms with Gasteiger partial charge in [0.2, 0.25) is 11.1 Å². The van der Waals surface area contributed by atoms with Gasteiger partial charge < -0.3 is 10.4 Å². The number of carbonyl (C=O) groups is 1. The molecule has 1 amide bonds. The van der Waals surface area contributed by atoms with Crippen LogP contribution in [0.5, 0.6) is 5.75 Å². The molecule has 0 unspecified atom stereocenters. The predicted molar refractivity (Wildman–Crippen MR) is 91.6 cm³/mol. The second-order valence-electron chi connectivity index (χ2n) is 5.31. The number of halogens is 3. The number of aromatic hydroxyl groups is 1. The van der Waals surface area contributed by atoms with Crippen LogP contribution in [0.1, 0.15) is 5.56 Å². The van der Waals surface area contributed by atoms with Crippen LogP contribution in [0.2, 0.25) is 0 Å². The van der Waals surface area contributed by atoms with Crippen molar-refractivity contribution < 1.29 is 23.1 Å². The topological polar surface area (TPSA) is 92.9 Å². The van der Waals surface area contributed by atoms with E-state index in [0.717, 1.165) is 23.9 Å². The van der Waals surface area contributed by atoms with Crippen molar-refractivity contribution >= 4 is 23.4 Å². The lowest BCUT2D eigenvalue weighted by Crippen LogP contribution is -2.15. The number of thioether (sulfide) groups is 1. The van der Waals surface area contributed by atoms with E-state index in [4.69, 9.17) is 0 Å². The molecule has 3 aromatic rings. The minimum Gasteiger partial charge on any atom is -0.508 e. The zero-order valence-electron chi connectivity index (χ0n) is 13.5. The summed E-state index contributed by atoms with van der Waals surface area (Å²) in [5, 5.41) is 23.2. The number of phenols is 1. The van der Waals surface area contributed by atoms with Gasteiger partial charge in [0.05, 0.1) is 17.0 Å². The van der Waals surface area contributed by atoms with Crippen LogP contribution in [0, 0.1) is 0 Å². The lowest BCUT2D eigenvalue weighted by molar-refractivity contribution is -0.137. The third kappa shape index (κ3) is 4.76. The standard InChI is InChI=1S/C16H12F3N5O2S/c17-16(18,19)10-2-1-3-11(8-10)20-14(26)9-27-15-21-22-23-24(15)12-4-6-13(25)7-5-12/h1-8,25H,9H2,(H,20,26). The number of nitrogens with zero attached hydrogens (tertiary/aromatic N) is 4. The third-order valence-electron chi connectivity index (χ3n) is 3.34. The summed E-state index contributed by atoms with van der Waals surface area (Å²) in [7, 11) is 0. The molecular formula is C16H12F3N5O2S. The number of anilines is 1. The van der Waals surface area contributed by atoms with Crippen LogP contribution in [0.4, 0.5) is 18.9 Å². The highest BCUT2D eigenvalue weighted by Crippen LogP contribution is 2.30. The van der Waals surface area contributed by atoms with Crippen LogP contribution in [0.25, 0.3) is 5.69 Å². The van der Waals surface area contributed by atoms with Gasteiger partial charge in [-0.1, -0.05) is 17.8 Å². The zero-order valence-corrected chi connectivity index (χ0v) is 14.3. The van der Waals surface area contributed by atoms with Gasteiger partial charge in [0, 0.05) is 5.69 Å². The van der Waals surface area contributed by atoms with Crippen molar-refractivity contribution in [2.75, 3.05) is 11.1 Å². The van der Waals surface area contributed by atoms with Crippen molar-refractivity contribution in [3.05, 3.63) is 54.1 Å². The molecule has 0 radical (unpaired) electrons. The highest BCUT2D eigenvalue weighted by atomic mass is 32.2. The van der Waals surface area contributed by atoms with Crippen LogP contribution in [-0.2, 0) is 11.0 Å². The van der Waals surface area contributed by atoms with Crippen molar-refractivity contribution in [2.45, 2.75) is 11.3 Å². The normalized spacial score (nSPS) is 11.4. The summed E-state index contributed by atoms with van der Waals surface area (Å²) >= 11 is 1.02. The molecule has 0 saturated carbocycles. The Morgan fingerprint density at radius 2 is 1.93 bits per heavy atom. The molecule has 11 heteroatoms. The van der Waals surface area contributed by atoms with E-state index in [-0.39, 0.29) is 17.2 Å². The molecule has 1 aromatic heterocycles. The maximum absolute atomic E-state index is 12.7. The molecule has 27 heavy (non-hydrogen) atoms. The number of rotatable bonds is 5. The van der Waals surface area contributed by atoms with E-state index < -0.39 is 17.6 Å². The monoisotopic (exact) mass is 395 g/mol. The molecule has 0 atom stereocenters. The SMILES string of the molecule is O=C(CSc1nnnn1-c1ccc(O)cc1)Nc1cccc(C(F)(F)F)c1. The lowest BCUT2D eigenvalue weighted by atomic mass is 10.2. The number of nitrogens with one attached hydrogen (secondary N) is 1. The Labute approximate surface area is 155 Å². The number of amides is 1. The molecule has 140 valence electrons. The Hall–Kier alpha value is -3.08. The van der Waals surface area contributed by atoms with E-state index in [1.54, 1.807) is 12.1 Å². The minimum absolute atomic E-state index is 0.0496. The summed E-state index contributed by atoms with van der Waals surface area (Å²) in [5.41, 5.74) is -0.212. The van der Waals surface area contributed by atoms with Gasteiger partial charge in [0.1, 0.15) is 5.75 Å². The van der Waals surface area contributed by atoms with Gasteiger partial charge in [-0.15, -0.1) is 5.10 Å². The second-order valence-corrected chi connectivity index (χ2v) is 6.25. The molecule has 0 aliphatic heterocycles. The first-order valence-corrected chi connectivity index (χ1v) is 8.49. The molecule has 3 rings (SSSR count). The fourth-order valence-corrected chi connectivity index (χ4v) is 2.82. The lowest BCUT2D eigenvalue weighted by Gasteiger charge is -2.09. The minimum atomic E-state index is -4.48. The molecule has 0 spiro atoms. The summed E-state index contributed by atoms with van der Waals surface area (Å²) in [6, 6.07) is 10.5. The molecule has 0 aliphatic carbocycles. The van der Waals surface area contributed by atoms with Gasteiger partial charge >= 0.3 is 6.18 Å². The molecule has 2 N–H and O–H groups in total. The van der Waals surface area contributed by atoms with Gasteiger partial charge in [-0.2, -0.15) is 17.9 Å². The Bertz CT molecular complexity index is 944. The van der Waals surface area contributed by atoms with Gasteiger partial charge in [-0.3, -0.25) is 4.79 Å². The summed E-state index contributed by atoms with van der Waals surface area (Å²) < 4.78 is 39.5. The first kappa shape index (κ1) is 18.7. The van der Waals surface area contributed by atoms with Gasteiger partial charge in [0.15, 0.2) is 0 Å². The predicted octanol–water partition coefficient (Wildman–Crippen LogP) is 3.12. The van der Waals surface area contributed by atoms with Crippen LogP contribution in [-0.4, -0.2) is 37.0 Å². The van der Waals surface area contributed by atoms with Gasteiger partial charge in [-0.05, 0) is 52.9 Å². The van der Waals surface area contributed by atoms with Gasteiger partial charge in [0.25, 0.3) is 0 Å². The number of hydrogen-bond donors (Lipinski definition) is 2. The average molecular weight is 395 g/mol. The van der Waals surface area contributed by atoms with E-state index in [2.05, 4.69) is 20.8 Å². The maximum Gasteiger partial charge on any atom is 0.416 e. The molecule has 7 nitrogen and oxygen atoms in total. The Kier molecular flexibility index (Phi) is 5.31.